The first-order chi connectivity index (χ1) is 9.00. The third kappa shape index (κ3) is 1.44. The Hall–Kier alpha value is -2.70. The predicted molar refractivity (Wildman–Crippen MR) is 64.9 cm³/mol. The molecule has 2 aromatic heterocycles. The SMILES string of the molecule is Cn1c(=O)c2cc(F)ccc2n2ncc(C(=O)O)c12. The Morgan fingerprint density at radius 1 is 1.42 bits per heavy atom. The van der Waals surface area contributed by atoms with Crippen molar-refractivity contribution in [1.29, 1.82) is 0 Å². The van der Waals surface area contributed by atoms with Gasteiger partial charge in [0, 0.05) is 7.05 Å². The zero-order valence-electron chi connectivity index (χ0n) is 9.79. The minimum Gasteiger partial charge on any atom is -0.477 e. The lowest BCUT2D eigenvalue weighted by Gasteiger charge is -2.07. The van der Waals surface area contributed by atoms with Crippen molar-refractivity contribution in [3.63, 3.8) is 0 Å². The summed E-state index contributed by atoms with van der Waals surface area (Å²) in [7, 11) is 1.43. The largest absolute Gasteiger partial charge is 0.477 e. The zero-order chi connectivity index (χ0) is 13.7. The van der Waals surface area contributed by atoms with E-state index in [2.05, 4.69) is 5.10 Å². The van der Waals surface area contributed by atoms with E-state index in [9.17, 15) is 14.0 Å². The highest BCUT2D eigenvalue weighted by Crippen LogP contribution is 2.16. The molecule has 6 nitrogen and oxygen atoms in total. The summed E-state index contributed by atoms with van der Waals surface area (Å²) in [5, 5.41) is 13.2. The van der Waals surface area contributed by atoms with Gasteiger partial charge in [-0.05, 0) is 18.2 Å². The topological polar surface area (TPSA) is 76.6 Å². The molecule has 0 saturated carbocycles. The molecule has 7 heteroatoms. The smallest absolute Gasteiger partial charge is 0.341 e. The molecule has 0 radical (unpaired) electrons. The normalized spacial score (nSPS) is 11.3. The van der Waals surface area contributed by atoms with E-state index in [1.807, 2.05) is 0 Å². The van der Waals surface area contributed by atoms with E-state index in [-0.39, 0.29) is 16.6 Å². The van der Waals surface area contributed by atoms with Crippen LogP contribution in [-0.4, -0.2) is 25.3 Å². The van der Waals surface area contributed by atoms with Crippen LogP contribution < -0.4 is 5.56 Å². The summed E-state index contributed by atoms with van der Waals surface area (Å²) in [6, 6.07) is 3.71. The highest BCUT2D eigenvalue weighted by Gasteiger charge is 2.17. The van der Waals surface area contributed by atoms with Crippen LogP contribution in [0.1, 0.15) is 10.4 Å². The van der Waals surface area contributed by atoms with Gasteiger partial charge in [-0.15, -0.1) is 0 Å². The van der Waals surface area contributed by atoms with Crippen LogP contribution in [0.5, 0.6) is 0 Å². The molecule has 0 atom stereocenters. The van der Waals surface area contributed by atoms with Crippen LogP contribution in [0, 0.1) is 5.82 Å². The fraction of sp³-hybridized carbons (Fsp3) is 0.0833. The second-order valence-corrected chi connectivity index (χ2v) is 4.12. The van der Waals surface area contributed by atoms with Crippen LogP contribution in [0.2, 0.25) is 0 Å². The second-order valence-electron chi connectivity index (χ2n) is 4.12. The van der Waals surface area contributed by atoms with Gasteiger partial charge in [-0.2, -0.15) is 5.10 Å². The Morgan fingerprint density at radius 2 is 2.16 bits per heavy atom. The summed E-state index contributed by atoms with van der Waals surface area (Å²) in [6.45, 7) is 0. The number of rotatable bonds is 1. The van der Waals surface area contributed by atoms with Crippen molar-refractivity contribution >= 4 is 22.5 Å². The minimum absolute atomic E-state index is 0.0779. The number of aromatic nitrogens is 3. The maximum atomic E-state index is 13.2. The van der Waals surface area contributed by atoms with E-state index in [1.165, 1.54) is 29.9 Å². The Labute approximate surface area is 105 Å². The molecule has 0 saturated heterocycles. The van der Waals surface area contributed by atoms with Crippen molar-refractivity contribution in [3.05, 3.63) is 46.1 Å². The van der Waals surface area contributed by atoms with Gasteiger partial charge in [-0.1, -0.05) is 0 Å². The van der Waals surface area contributed by atoms with Crippen molar-refractivity contribution < 1.29 is 14.3 Å². The molecule has 19 heavy (non-hydrogen) atoms. The number of aryl methyl sites for hydroxylation is 1. The van der Waals surface area contributed by atoms with Crippen molar-refractivity contribution in [1.82, 2.24) is 14.2 Å². The molecular weight excluding hydrogens is 253 g/mol. The van der Waals surface area contributed by atoms with Gasteiger partial charge in [0.05, 0.1) is 17.1 Å². The molecule has 0 fully saturated rings. The minimum atomic E-state index is -1.17. The van der Waals surface area contributed by atoms with Crippen LogP contribution in [0.3, 0.4) is 0 Å². The summed E-state index contributed by atoms with van der Waals surface area (Å²) < 4.78 is 15.7. The number of carboxylic acids is 1. The Morgan fingerprint density at radius 3 is 2.84 bits per heavy atom. The molecular formula is C12H8FN3O3. The first-order valence-corrected chi connectivity index (χ1v) is 5.40. The van der Waals surface area contributed by atoms with E-state index in [0.717, 1.165) is 10.6 Å². The third-order valence-corrected chi connectivity index (χ3v) is 3.01. The molecule has 96 valence electrons. The number of fused-ring (bicyclic) bond motifs is 3. The predicted octanol–water partition coefficient (Wildman–Crippen LogP) is 1.02. The molecule has 0 aliphatic rings. The highest BCUT2D eigenvalue weighted by molar-refractivity contribution is 5.96. The fourth-order valence-electron chi connectivity index (χ4n) is 2.13. The molecule has 2 heterocycles. The number of aromatic carboxylic acids is 1. The van der Waals surface area contributed by atoms with Gasteiger partial charge >= 0.3 is 5.97 Å². The molecule has 0 amide bonds. The number of benzene rings is 1. The lowest BCUT2D eigenvalue weighted by molar-refractivity contribution is 0.0698. The van der Waals surface area contributed by atoms with Crippen molar-refractivity contribution in [2.45, 2.75) is 0 Å². The van der Waals surface area contributed by atoms with Crippen LogP contribution in [0.4, 0.5) is 4.39 Å². The van der Waals surface area contributed by atoms with E-state index in [0.29, 0.717) is 5.52 Å². The first kappa shape index (κ1) is 11.4. The lowest BCUT2D eigenvalue weighted by atomic mass is 10.2. The monoisotopic (exact) mass is 261 g/mol. The van der Waals surface area contributed by atoms with Crippen LogP contribution >= 0.6 is 0 Å². The molecule has 3 aromatic rings. The highest BCUT2D eigenvalue weighted by atomic mass is 19.1. The van der Waals surface area contributed by atoms with Gasteiger partial charge in [-0.25, -0.2) is 13.7 Å². The van der Waals surface area contributed by atoms with Gasteiger partial charge in [0.1, 0.15) is 11.4 Å². The lowest BCUT2D eigenvalue weighted by Crippen LogP contribution is -2.21. The summed E-state index contributed by atoms with van der Waals surface area (Å²) in [5.74, 6) is -1.71. The Balaban J connectivity index is 2.64. The average molecular weight is 261 g/mol. The molecule has 1 aromatic carbocycles. The molecule has 0 unspecified atom stereocenters. The number of nitrogens with zero attached hydrogens (tertiary/aromatic N) is 3. The molecule has 0 aliphatic heterocycles. The Bertz CT molecular complexity index is 894. The zero-order valence-corrected chi connectivity index (χ0v) is 9.79. The van der Waals surface area contributed by atoms with Crippen LogP contribution in [0.15, 0.2) is 29.2 Å². The molecule has 0 aliphatic carbocycles. The maximum Gasteiger partial charge on any atom is 0.341 e. The van der Waals surface area contributed by atoms with Gasteiger partial charge < -0.3 is 5.11 Å². The van der Waals surface area contributed by atoms with Gasteiger partial charge in [0.15, 0.2) is 5.65 Å². The molecule has 3 rings (SSSR count). The van der Waals surface area contributed by atoms with E-state index >= 15 is 0 Å². The van der Waals surface area contributed by atoms with Gasteiger partial charge in [0.2, 0.25) is 0 Å². The van der Waals surface area contributed by atoms with Gasteiger partial charge in [-0.3, -0.25) is 9.36 Å². The molecule has 0 bridgehead atoms. The summed E-state index contributed by atoms with van der Waals surface area (Å²) in [6.07, 6.45) is 1.17. The standard InChI is InChI=1S/C12H8FN3O3/c1-15-10-8(12(18)19)5-14-16(10)9-3-2-6(13)4-7(9)11(15)17/h2-5H,1H3,(H,18,19). The van der Waals surface area contributed by atoms with E-state index < -0.39 is 17.3 Å². The average Bonchev–Trinajstić information content (AvgIpc) is 2.80. The van der Waals surface area contributed by atoms with E-state index in [1.54, 1.807) is 0 Å². The number of carbonyl (C=O) groups is 1. The maximum absolute atomic E-state index is 13.2. The summed E-state index contributed by atoms with van der Waals surface area (Å²) in [4.78, 5) is 23.2. The number of carboxylic acid groups (broad SMARTS) is 1. The van der Waals surface area contributed by atoms with Gasteiger partial charge in [0.25, 0.3) is 5.56 Å². The van der Waals surface area contributed by atoms with E-state index in [4.69, 9.17) is 5.11 Å². The van der Waals surface area contributed by atoms with Crippen molar-refractivity contribution in [2.75, 3.05) is 0 Å². The quantitative estimate of drug-likeness (QED) is 0.709. The number of halogens is 1. The van der Waals surface area contributed by atoms with Crippen molar-refractivity contribution in [3.8, 4) is 0 Å². The number of hydrogen-bond acceptors (Lipinski definition) is 3. The van der Waals surface area contributed by atoms with Crippen molar-refractivity contribution in [2.24, 2.45) is 7.05 Å². The second kappa shape index (κ2) is 3.64. The first-order valence-electron chi connectivity index (χ1n) is 5.40. The third-order valence-electron chi connectivity index (χ3n) is 3.01. The number of hydrogen-bond donors (Lipinski definition) is 1. The fourth-order valence-corrected chi connectivity index (χ4v) is 2.13. The van der Waals surface area contributed by atoms with Crippen LogP contribution in [-0.2, 0) is 7.05 Å². The molecule has 1 N–H and O–H groups in total. The Kier molecular flexibility index (Phi) is 2.19. The summed E-state index contributed by atoms with van der Waals surface area (Å²) >= 11 is 0. The summed E-state index contributed by atoms with van der Waals surface area (Å²) in [5.41, 5.74) is -0.0144. The molecule has 0 spiro atoms. The van der Waals surface area contributed by atoms with Crippen LogP contribution in [0.25, 0.3) is 16.6 Å².